The van der Waals surface area contributed by atoms with Gasteiger partial charge in [0.2, 0.25) is 0 Å². The molecule has 0 saturated heterocycles. The van der Waals surface area contributed by atoms with Crippen molar-refractivity contribution in [3.63, 3.8) is 0 Å². The van der Waals surface area contributed by atoms with Gasteiger partial charge in [0.1, 0.15) is 0 Å². The molecule has 1 aromatic heterocycles. The highest BCUT2D eigenvalue weighted by Crippen LogP contribution is 1.87. The number of aromatic amines is 1. The summed E-state index contributed by atoms with van der Waals surface area (Å²) in [7, 11) is 0. The Bertz CT molecular complexity index is 440. The molecule has 14 heavy (non-hydrogen) atoms. The van der Waals surface area contributed by atoms with Gasteiger partial charge in [-0.15, -0.1) is 0 Å². The lowest BCUT2D eigenvalue weighted by Gasteiger charge is -1.85. The zero-order valence-electron chi connectivity index (χ0n) is 7.27. The van der Waals surface area contributed by atoms with Gasteiger partial charge in [0, 0.05) is 30.3 Å². The second kappa shape index (κ2) is 5.41. The summed E-state index contributed by atoms with van der Waals surface area (Å²) in [5, 5.41) is 3.32. The first-order chi connectivity index (χ1) is 6.83. The molecule has 1 aromatic rings. The molecule has 0 bridgehead atoms. The smallest absolute Gasteiger partial charge is 0.311 e. The van der Waals surface area contributed by atoms with E-state index in [1.807, 2.05) is 0 Å². The van der Waals surface area contributed by atoms with Gasteiger partial charge < -0.3 is 4.98 Å². The Morgan fingerprint density at radius 3 is 3.21 bits per heavy atom. The Kier molecular flexibility index (Phi) is 3.80. The summed E-state index contributed by atoms with van der Waals surface area (Å²) in [4.78, 5) is 19.1. The van der Waals surface area contributed by atoms with Crippen molar-refractivity contribution in [3.05, 3.63) is 38.9 Å². The maximum absolute atomic E-state index is 10.6. The Labute approximate surface area is 79.6 Å². The molecule has 0 aliphatic heterocycles. The van der Waals surface area contributed by atoms with E-state index in [0.717, 1.165) is 0 Å². The highest BCUT2D eigenvalue weighted by molar-refractivity contribution is 5.28. The summed E-state index contributed by atoms with van der Waals surface area (Å²) in [6, 6.07) is 0. The van der Waals surface area contributed by atoms with Crippen LogP contribution >= 0.6 is 0 Å². The molecule has 0 aromatic carbocycles. The molecule has 6 heteroatoms. The number of nitrogens with zero attached hydrogens (tertiary/aromatic N) is 4. The van der Waals surface area contributed by atoms with Crippen molar-refractivity contribution in [3.8, 4) is 11.8 Å². The largest absolute Gasteiger partial charge is 0.344 e. The minimum absolute atomic E-state index is 0.348. The highest BCUT2D eigenvalue weighted by Gasteiger charge is 1.85. The molecule has 0 saturated carbocycles. The quantitative estimate of drug-likeness (QED) is 0.245. The molecule has 1 rings (SSSR count). The first-order valence-electron chi connectivity index (χ1n) is 3.87. The molecule has 0 fully saturated rings. The van der Waals surface area contributed by atoms with Crippen molar-refractivity contribution < 1.29 is 0 Å². The van der Waals surface area contributed by atoms with E-state index in [9.17, 15) is 4.79 Å². The Balaban J connectivity index is 2.55. The molecular formula is C8H7N5O. The van der Waals surface area contributed by atoms with E-state index in [2.05, 4.69) is 31.8 Å². The molecule has 1 heterocycles. The van der Waals surface area contributed by atoms with E-state index < -0.39 is 5.69 Å². The first-order valence-corrected chi connectivity index (χ1v) is 3.87. The van der Waals surface area contributed by atoms with Crippen LogP contribution in [0.4, 0.5) is 0 Å². The Morgan fingerprint density at radius 2 is 2.57 bits per heavy atom. The number of hydrogen-bond donors (Lipinski definition) is 1. The lowest BCUT2D eigenvalue weighted by atomic mass is 10.3. The van der Waals surface area contributed by atoms with Crippen molar-refractivity contribution in [1.82, 2.24) is 9.97 Å². The van der Waals surface area contributed by atoms with E-state index in [0.29, 0.717) is 18.5 Å². The van der Waals surface area contributed by atoms with Crippen LogP contribution in [0.3, 0.4) is 0 Å². The number of aromatic nitrogens is 2. The third kappa shape index (κ3) is 3.43. The van der Waals surface area contributed by atoms with E-state index in [4.69, 9.17) is 5.53 Å². The zero-order valence-corrected chi connectivity index (χ0v) is 7.27. The van der Waals surface area contributed by atoms with Gasteiger partial charge in [-0.2, -0.15) is 0 Å². The molecule has 0 radical (unpaired) electrons. The van der Waals surface area contributed by atoms with Gasteiger partial charge >= 0.3 is 5.69 Å². The topological polar surface area (TPSA) is 94.5 Å². The SMILES string of the molecule is [N-]=[N+]=NCCC#Cc1cnc(=O)[nH]c1. The van der Waals surface area contributed by atoms with Gasteiger partial charge in [0.15, 0.2) is 0 Å². The third-order valence-corrected chi connectivity index (χ3v) is 1.30. The van der Waals surface area contributed by atoms with Crippen LogP contribution in [-0.2, 0) is 0 Å². The Morgan fingerprint density at radius 1 is 1.71 bits per heavy atom. The standard InChI is InChI=1S/C8H7N5O/c9-13-12-4-2-1-3-7-5-10-8(14)11-6-7/h5-6H,2,4H2,(H,10,11,14). The van der Waals surface area contributed by atoms with E-state index in [1.54, 1.807) is 0 Å². The Hall–Kier alpha value is -2.25. The molecule has 1 N–H and O–H groups in total. The summed E-state index contributed by atoms with van der Waals surface area (Å²) in [6.45, 7) is 0.348. The predicted octanol–water partition coefficient (Wildman–Crippen LogP) is 0.822. The lowest BCUT2D eigenvalue weighted by Crippen LogP contribution is -2.07. The number of azide groups is 1. The molecule has 0 amide bonds. The van der Waals surface area contributed by atoms with Gasteiger partial charge in [-0.3, -0.25) is 0 Å². The summed E-state index contributed by atoms with van der Waals surface area (Å²) >= 11 is 0. The van der Waals surface area contributed by atoms with Crippen molar-refractivity contribution in [2.24, 2.45) is 5.11 Å². The van der Waals surface area contributed by atoms with Gasteiger partial charge in [0.05, 0.1) is 5.56 Å². The number of rotatable bonds is 2. The molecular weight excluding hydrogens is 182 g/mol. The maximum Gasteiger partial charge on any atom is 0.344 e. The second-order valence-electron chi connectivity index (χ2n) is 2.31. The normalized spacial score (nSPS) is 8.29. The van der Waals surface area contributed by atoms with E-state index in [-0.39, 0.29) is 0 Å². The van der Waals surface area contributed by atoms with Crippen LogP contribution in [0.5, 0.6) is 0 Å². The highest BCUT2D eigenvalue weighted by atomic mass is 16.1. The fraction of sp³-hybridized carbons (Fsp3) is 0.250. The van der Waals surface area contributed by atoms with Crippen LogP contribution < -0.4 is 5.69 Å². The summed E-state index contributed by atoms with van der Waals surface area (Å²) in [6.07, 6.45) is 3.36. The fourth-order valence-electron chi connectivity index (χ4n) is 0.726. The summed E-state index contributed by atoms with van der Waals surface area (Å²) < 4.78 is 0. The molecule has 0 unspecified atom stereocenters. The molecule has 70 valence electrons. The maximum atomic E-state index is 10.6. The monoisotopic (exact) mass is 189 g/mol. The minimum Gasteiger partial charge on any atom is -0.311 e. The van der Waals surface area contributed by atoms with Gasteiger partial charge in [-0.1, -0.05) is 17.0 Å². The molecule has 0 aliphatic rings. The van der Waals surface area contributed by atoms with Crippen LogP contribution in [0.15, 0.2) is 22.3 Å². The number of hydrogen-bond acceptors (Lipinski definition) is 3. The minimum atomic E-state index is -0.398. The fourth-order valence-corrected chi connectivity index (χ4v) is 0.726. The lowest BCUT2D eigenvalue weighted by molar-refractivity contribution is 1.01. The molecule has 0 spiro atoms. The second-order valence-corrected chi connectivity index (χ2v) is 2.31. The molecule has 6 nitrogen and oxygen atoms in total. The van der Waals surface area contributed by atoms with Crippen molar-refractivity contribution in [1.29, 1.82) is 0 Å². The first kappa shape index (κ1) is 9.84. The van der Waals surface area contributed by atoms with E-state index >= 15 is 0 Å². The molecule has 0 aliphatic carbocycles. The van der Waals surface area contributed by atoms with Crippen LogP contribution in [-0.4, -0.2) is 16.5 Å². The van der Waals surface area contributed by atoms with Crippen molar-refractivity contribution in [2.45, 2.75) is 6.42 Å². The van der Waals surface area contributed by atoms with Gasteiger partial charge in [-0.05, 0) is 5.53 Å². The summed E-state index contributed by atoms with van der Waals surface area (Å²) in [5.41, 5.74) is 8.21. The van der Waals surface area contributed by atoms with Crippen LogP contribution in [0.1, 0.15) is 12.0 Å². The van der Waals surface area contributed by atoms with Crippen LogP contribution in [0.25, 0.3) is 10.4 Å². The van der Waals surface area contributed by atoms with Crippen LogP contribution in [0.2, 0.25) is 0 Å². The molecule has 0 atom stereocenters. The van der Waals surface area contributed by atoms with Crippen molar-refractivity contribution >= 4 is 0 Å². The average Bonchev–Trinajstić information content (AvgIpc) is 2.21. The third-order valence-electron chi connectivity index (χ3n) is 1.30. The predicted molar refractivity (Wildman–Crippen MR) is 50.4 cm³/mol. The summed E-state index contributed by atoms with van der Waals surface area (Å²) in [5.74, 6) is 5.54. The number of nitrogens with one attached hydrogen (secondary N) is 1. The van der Waals surface area contributed by atoms with E-state index in [1.165, 1.54) is 12.4 Å². The van der Waals surface area contributed by atoms with Gasteiger partial charge in [0.25, 0.3) is 0 Å². The zero-order chi connectivity index (χ0) is 10.2. The number of H-pyrrole nitrogens is 1. The average molecular weight is 189 g/mol. The van der Waals surface area contributed by atoms with Gasteiger partial charge in [-0.25, -0.2) is 9.78 Å². The van der Waals surface area contributed by atoms with Crippen LogP contribution in [0, 0.1) is 11.8 Å². The van der Waals surface area contributed by atoms with Crippen molar-refractivity contribution in [2.75, 3.05) is 6.54 Å².